The Hall–Kier alpha value is -6.18. The summed E-state index contributed by atoms with van der Waals surface area (Å²) in [5.41, 5.74) is 11.0. The van der Waals surface area contributed by atoms with E-state index < -0.39 is 0 Å². The van der Waals surface area contributed by atoms with Gasteiger partial charge in [-0.25, -0.2) is 0 Å². The summed E-state index contributed by atoms with van der Waals surface area (Å²) in [6.45, 7) is 0. The van der Waals surface area contributed by atoms with E-state index >= 15 is 0 Å². The van der Waals surface area contributed by atoms with Crippen molar-refractivity contribution < 1.29 is 0 Å². The van der Waals surface area contributed by atoms with Crippen LogP contribution in [0.2, 0.25) is 0 Å². The third kappa shape index (κ3) is 4.64. The number of para-hydroxylation sites is 2. The van der Waals surface area contributed by atoms with E-state index in [1.807, 2.05) is 6.07 Å². The van der Waals surface area contributed by atoms with Crippen LogP contribution in [0.15, 0.2) is 176 Å². The van der Waals surface area contributed by atoms with Gasteiger partial charge in [-0.2, -0.15) is 0 Å². The van der Waals surface area contributed by atoms with Crippen LogP contribution in [0.4, 0.5) is 0 Å². The second-order valence-electron chi connectivity index (χ2n) is 12.1. The Kier molecular flexibility index (Phi) is 6.54. The fourth-order valence-corrected chi connectivity index (χ4v) is 7.25. The lowest BCUT2D eigenvalue weighted by atomic mass is 9.86. The molecule has 1 aromatic heterocycles. The van der Waals surface area contributed by atoms with Gasteiger partial charge in [-0.15, -0.1) is 0 Å². The fourth-order valence-electron chi connectivity index (χ4n) is 7.25. The number of aromatic nitrogens is 1. The van der Waals surface area contributed by atoms with Crippen LogP contribution in [0.1, 0.15) is 11.1 Å². The topological polar surface area (TPSA) is 4.93 Å². The van der Waals surface area contributed by atoms with Crippen LogP contribution in [0.25, 0.3) is 83.4 Å². The van der Waals surface area contributed by atoms with E-state index in [4.69, 9.17) is 0 Å². The predicted molar refractivity (Wildman–Crippen MR) is 202 cm³/mol. The van der Waals surface area contributed by atoms with E-state index in [2.05, 4.69) is 187 Å². The lowest BCUT2D eigenvalue weighted by molar-refractivity contribution is 1.18. The maximum absolute atomic E-state index is 2.38. The highest BCUT2D eigenvalue weighted by Crippen LogP contribution is 2.44. The van der Waals surface area contributed by atoms with Crippen molar-refractivity contribution in [2.75, 3.05) is 0 Å². The highest BCUT2D eigenvalue weighted by atomic mass is 15.0. The van der Waals surface area contributed by atoms with E-state index in [-0.39, 0.29) is 0 Å². The van der Waals surface area contributed by atoms with Gasteiger partial charge in [0.15, 0.2) is 0 Å². The molecule has 0 bridgehead atoms. The molecule has 0 unspecified atom stereocenters. The summed E-state index contributed by atoms with van der Waals surface area (Å²) in [5.74, 6) is 0. The van der Waals surface area contributed by atoms with Crippen molar-refractivity contribution in [1.29, 1.82) is 0 Å². The lowest BCUT2D eigenvalue weighted by Gasteiger charge is -2.18. The predicted octanol–water partition coefficient (Wildman–Crippen LogP) is 12.6. The largest absolute Gasteiger partial charge is 0.309 e. The number of rotatable bonds is 5. The first-order valence-corrected chi connectivity index (χ1v) is 16.2. The van der Waals surface area contributed by atoms with Gasteiger partial charge in [-0.1, -0.05) is 164 Å². The molecule has 220 valence electrons. The summed E-state index contributed by atoms with van der Waals surface area (Å²) in [5, 5.41) is 7.61. The molecule has 9 aromatic rings. The Morgan fingerprint density at radius 2 is 0.660 bits per heavy atom. The van der Waals surface area contributed by atoms with E-state index in [0.29, 0.717) is 0 Å². The Labute approximate surface area is 274 Å². The van der Waals surface area contributed by atoms with Crippen LogP contribution in [0.3, 0.4) is 0 Å². The molecule has 0 aliphatic carbocycles. The first kappa shape index (κ1) is 27.2. The SMILES string of the molecule is C(=C\c1ccc(-c2c3ccccc3c(-c3ccc(-n4c5ccccc5c5ccccc54)cc3)c3ccccc23)cc1)/c1ccccc1. The zero-order valence-corrected chi connectivity index (χ0v) is 25.8. The van der Waals surface area contributed by atoms with Gasteiger partial charge in [-0.3, -0.25) is 0 Å². The van der Waals surface area contributed by atoms with Crippen LogP contribution in [-0.2, 0) is 0 Å². The highest BCUT2D eigenvalue weighted by Gasteiger charge is 2.17. The average Bonchev–Trinajstić information content (AvgIpc) is 3.48. The Morgan fingerprint density at radius 1 is 0.298 bits per heavy atom. The van der Waals surface area contributed by atoms with Gasteiger partial charge in [-0.05, 0) is 79.2 Å². The molecule has 0 N–H and O–H groups in total. The smallest absolute Gasteiger partial charge is 0.0541 e. The molecule has 0 aliphatic heterocycles. The molecule has 8 aromatic carbocycles. The van der Waals surface area contributed by atoms with Crippen LogP contribution in [0, 0.1) is 0 Å². The summed E-state index contributed by atoms with van der Waals surface area (Å²) in [4.78, 5) is 0. The molecule has 1 nitrogen and oxygen atoms in total. The van der Waals surface area contributed by atoms with Crippen LogP contribution in [-0.4, -0.2) is 4.57 Å². The van der Waals surface area contributed by atoms with Gasteiger partial charge >= 0.3 is 0 Å². The quantitative estimate of drug-likeness (QED) is 0.137. The molecular weight excluding hydrogens is 567 g/mol. The molecule has 0 atom stereocenters. The molecule has 0 radical (unpaired) electrons. The minimum Gasteiger partial charge on any atom is -0.309 e. The lowest BCUT2D eigenvalue weighted by Crippen LogP contribution is -1.94. The maximum Gasteiger partial charge on any atom is 0.0541 e. The molecule has 47 heavy (non-hydrogen) atoms. The number of fused-ring (bicyclic) bond motifs is 5. The summed E-state index contributed by atoms with van der Waals surface area (Å²) in [6, 6.07) is 63.7. The van der Waals surface area contributed by atoms with Crippen LogP contribution >= 0.6 is 0 Å². The van der Waals surface area contributed by atoms with Gasteiger partial charge in [0.2, 0.25) is 0 Å². The zero-order chi connectivity index (χ0) is 31.2. The van der Waals surface area contributed by atoms with Gasteiger partial charge in [0, 0.05) is 16.5 Å². The molecule has 0 saturated carbocycles. The highest BCUT2D eigenvalue weighted by molar-refractivity contribution is 6.21. The molecule has 1 heterocycles. The molecule has 0 fully saturated rings. The zero-order valence-electron chi connectivity index (χ0n) is 25.8. The van der Waals surface area contributed by atoms with Crippen molar-refractivity contribution in [2.24, 2.45) is 0 Å². The molecule has 9 rings (SSSR count). The number of benzene rings is 8. The Morgan fingerprint density at radius 3 is 1.13 bits per heavy atom. The van der Waals surface area contributed by atoms with E-state index in [1.54, 1.807) is 0 Å². The first-order chi connectivity index (χ1) is 23.3. The van der Waals surface area contributed by atoms with E-state index in [9.17, 15) is 0 Å². The number of hydrogen-bond donors (Lipinski definition) is 0. The molecule has 0 aliphatic rings. The van der Waals surface area contributed by atoms with Crippen molar-refractivity contribution in [3.05, 3.63) is 187 Å². The average molecular weight is 598 g/mol. The summed E-state index contributed by atoms with van der Waals surface area (Å²) >= 11 is 0. The minimum absolute atomic E-state index is 1.16. The third-order valence-electron chi connectivity index (χ3n) is 9.39. The summed E-state index contributed by atoms with van der Waals surface area (Å²) in [6.07, 6.45) is 4.35. The normalized spacial score (nSPS) is 11.7. The van der Waals surface area contributed by atoms with Crippen molar-refractivity contribution in [3.63, 3.8) is 0 Å². The second kappa shape index (κ2) is 11.3. The van der Waals surface area contributed by atoms with E-state index in [1.165, 1.54) is 76.7 Å². The van der Waals surface area contributed by atoms with Crippen LogP contribution < -0.4 is 0 Å². The van der Waals surface area contributed by atoms with Crippen molar-refractivity contribution in [3.8, 4) is 27.9 Å². The monoisotopic (exact) mass is 597 g/mol. The van der Waals surface area contributed by atoms with E-state index in [0.717, 1.165) is 5.69 Å². The minimum atomic E-state index is 1.16. The molecule has 0 spiro atoms. The first-order valence-electron chi connectivity index (χ1n) is 16.2. The Balaban J connectivity index is 1.18. The molecular formula is C46H31N. The summed E-state index contributed by atoms with van der Waals surface area (Å²) < 4.78 is 2.38. The van der Waals surface area contributed by atoms with Crippen LogP contribution in [0.5, 0.6) is 0 Å². The van der Waals surface area contributed by atoms with Gasteiger partial charge in [0.05, 0.1) is 11.0 Å². The van der Waals surface area contributed by atoms with Crippen molar-refractivity contribution in [1.82, 2.24) is 4.57 Å². The number of nitrogens with zero attached hydrogens (tertiary/aromatic N) is 1. The molecule has 0 amide bonds. The molecule has 0 saturated heterocycles. The van der Waals surface area contributed by atoms with Crippen molar-refractivity contribution >= 4 is 55.5 Å². The summed E-state index contributed by atoms with van der Waals surface area (Å²) in [7, 11) is 0. The molecule has 1 heteroatoms. The standard InChI is InChI=1S/C46H31N/c1-2-12-32(13-3-1)22-23-33-24-26-34(27-25-33)45-39-16-4-6-18-41(39)46(42-19-7-5-17-40(42)45)35-28-30-36(31-29-35)47-43-20-10-8-14-37(43)38-15-9-11-21-44(38)47/h1-31H/b23-22+. The number of hydrogen-bond acceptors (Lipinski definition) is 0. The maximum atomic E-state index is 2.38. The fraction of sp³-hybridized carbons (Fsp3) is 0. The Bertz CT molecular complexity index is 2480. The van der Waals surface area contributed by atoms with Gasteiger partial charge < -0.3 is 4.57 Å². The second-order valence-corrected chi connectivity index (χ2v) is 12.1. The third-order valence-corrected chi connectivity index (χ3v) is 9.39. The van der Waals surface area contributed by atoms with Gasteiger partial charge in [0.25, 0.3) is 0 Å². The van der Waals surface area contributed by atoms with Crippen molar-refractivity contribution in [2.45, 2.75) is 0 Å². The van der Waals surface area contributed by atoms with Gasteiger partial charge in [0.1, 0.15) is 0 Å².